The molecule has 4 atom stereocenters. The summed E-state index contributed by atoms with van der Waals surface area (Å²) in [5.41, 5.74) is 2.91. The molecule has 1 aliphatic rings. The molecule has 6 heteroatoms. The first-order valence-corrected chi connectivity index (χ1v) is 9.54. The molecule has 1 aliphatic heterocycles. The lowest BCUT2D eigenvalue weighted by Crippen LogP contribution is -2.50. The van der Waals surface area contributed by atoms with Crippen LogP contribution in [-0.4, -0.2) is 38.9 Å². The number of benzene rings is 2. The van der Waals surface area contributed by atoms with Crippen LogP contribution in [0.15, 0.2) is 48.5 Å². The lowest BCUT2D eigenvalue weighted by Gasteiger charge is -2.35. The van der Waals surface area contributed by atoms with Gasteiger partial charge in [-0.15, -0.1) is 11.8 Å². The molecule has 2 aromatic rings. The van der Waals surface area contributed by atoms with Gasteiger partial charge in [-0.05, 0) is 41.8 Å². The average molecular weight is 373 g/mol. The largest absolute Gasteiger partial charge is 0.486 e. The van der Waals surface area contributed by atoms with Crippen molar-refractivity contribution in [3.63, 3.8) is 0 Å². The maximum absolute atomic E-state index is 10.1. The first kappa shape index (κ1) is 18.2. The first-order valence-electron chi connectivity index (χ1n) is 7.97. The monoisotopic (exact) mass is 373 g/mol. The molecular formula is C19H19NO3S2. The van der Waals surface area contributed by atoms with Crippen LogP contribution in [-0.2, 0) is 6.42 Å². The topological polar surface area (TPSA) is 73.5 Å². The molecule has 0 unspecified atom stereocenters. The van der Waals surface area contributed by atoms with E-state index in [1.54, 1.807) is 0 Å². The Morgan fingerprint density at radius 2 is 1.68 bits per heavy atom. The van der Waals surface area contributed by atoms with E-state index in [1.165, 1.54) is 11.8 Å². The molecule has 0 aromatic heterocycles. The lowest BCUT2D eigenvalue weighted by molar-refractivity contribution is -0.0372. The molecule has 0 bridgehead atoms. The zero-order valence-corrected chi connectivity index (χ0v) is 15.2. The van der Waals surface area contributed by atoms with Crippen LogP contribution < -0.4 is 4.74 Å². The molecule has 25 heavy (non-hydrogen) atoms. The zero-order chi connectivity index (χ0) is 17.8. The minimum absolute atomic E-state index is 0.184. The number of hydrogen-bond acceptors (Lipinski definition) is 6. The van der Waals surface area contributed by atoms with Crippen molar-refractivity contribution in [2.45, 2.75) is 29.3 Å². The highest BCUT2D eigenvalue weighted by Crippen LogP contribution is 2.32. The van der Waals surface area contributed by atoms with Crippen molar-refractivity contribution in [2.75, 3.05) is 5.75 Å². The Labute approximate surface area is 156 Å². The Hall–Kier alpha value is -1.65. The van der Waals surface area contributed by atoms with Gasteiger partial charge in [0, 0.05) is 5.75 Å². The van der Waals surface area contributed by atoms with Gasteiger partial charge >= 0.3 is 0 Å². The smallest absolute Gasteiger partial charge is 0.148 e. The molecule has 0 radical (unpaired) electrons. The maximum Gasteiger partial charge on any atom is 0.148 e. The third-order valence-electron chi connectivity index (χ3n) is 4.14. The first-order chi connectivity index (χ1) is 12.1. The Morgan fingerprint density at radius 1 is 1.08 bits per heavy atom. The second kappa shape index (κ2) is 8.15. The quantitative estimate of drug-likeness (QED) is 0.719. The molecular weight excluding hydrogens is 354 g/mol. The fourth-order valence-corrected chi connectivity index (χ4v) is 4.18. The summed E-state index contributed by atoms with van der Waals surface area (Å²) in [5.74, 6) is 1.10. The fraction of sp³-hybridized carbons (Fsp3) is 0.316. The number of ether oxygens (including phenoxy) is 1. The number of thiol groups is 1. The highest BCUT2D eigenvalue weighted by Gasteiger charge is 2.38. The van der Waals surface area contributed by atoms with Crippen LogP contribution >= 0.6 is 24.4 Å². The van der Waals surface area contributed by atoms with Crippen molar-refractivity contribution in [1.82, 2.24) is 0 Å². The van der Waals surface area contributed by atoms with Crippen LogP contribution in [0, 0.1) is 11.3 Å². The summed E-state index contributed by atoms with van der Waals surface area (Å²) >= 11 is 5.90. The number of nitrogens with zero attached hydrogens (tertiary/aromatic N) is 1. The predicted molar refractivity (Wildman–Crippen MR) is 102 cm³/mol. The van der Waals surface area contributed by atoms with Crippen molar-refractivity contribution in [3.05, 3.63) is 65.2 Å². The highest BCUT2D eigenvalue weighted by molar-refractivity contribution is 8.10. The highest BCUT2D eigenvalue weighted by atomic mass is 32.2. The molecule has 130 valence electrons. The molecule has 2 N–H and O–H groups in total. The molecule has 0 spiro atoms. The maximum atomic E-state index is 10.1. The van der Waals surface area contributed by atoms with E-state index in [0.717, 1.165) is 17.5 Å². The van der Waals surface area contributed by atoms with E-state index >= 15 is 0 Å². The lowest BCUT2D eigenvalue weighted by atomic mass is 10.0. The Kier molecular flexibility index (Phi) is 5.92. The SMILES string of the molecule is N#Cc1ccc(Cc2ccc(O[C@@H]3[C@@H](O)[C@H](O)CS[C@H]3S)cc2)cc1. The van der Waals surface area contributed by atoms with E-state index < -0.39 is 18.3 Å². The van der Waals surface area contributed by atoms with Crippen LogP contribution in [0.2, 0.25) is 0 Å². The summed E-state index contributed by atoms with van der Waals surface area (Å²) in [4.78, 5) is 0. The average Bonchev–Trinajstić information content (AvgIpc) is 2.64. The number of hydrogen-bond donors (Lipinski definition) is 3. The summed E-state index contributed by atoms with van der Waals surface area (Å²) in [6.07, 6.45) is -1.53. The van der Waals surface area contributed by atoms with Gasteiger partial charge in [0.2, 0.25) is 0 Å². The van der Waals surface area contributed by atoms with Gasteiger partial charge in [-0.3, -0.25) is 0 Å². The summed E-state index contributed by atoms with van der Waals surface area (Å²) in [7, 11) is 0. The van der Waals surface area contributed by atoms with Gasteiger partial charge in [0.25, 0.3) is 0 Å². The number of rotatable bonds is 4. The molecule has 4 nitrogen and oxygen atoms in total. The third-order valence-corrected chi connectivity index (χ3v) is 6.02. The Balaban J connectivity index is 1.64. The van der Waals surface area contributed by atoms with Gasteiger partial charge in [0.1, 0.15) is 18.0 Å². The van der Waals surface area contributed by atoms with Crippen LogP contribution in [0.1, 0.15) is 16.7 Å². The van der Waals surface area contributed by atoms with Crippen LogP contribution in [0.4, 0.5) is 0 Å². The van der Waals surface area contributed by atoms with Crippen LogP contribution in [0.5, 0.6) is 5.75 Å². The van der Waals surface area contributed by atoms with Crippen molar-refractivity contribution in [3.8, 4) is 11.8 Å². The van der Waals surface area contributed by atoms with Crippen molar-refractivity contribution >= 4 is 24.4 Å². The number of aliphatic hydroxyl groups excluding tert-OH is 2. The summed E-state index contributed by atoms with van der Waals surface area (Å²) in [6.45, 7) is 0. The van der Waals surface area contributed by atoms with Crippen molar-refractivity contribution in [1.29, 1.82) is 5.26 Å². The Morgan fingerprint density at radius 3 is 2.28 bits per heavy atom. The van der Waals surface area contributed by atoms with Gasteiger partial charge in [0.05, 0.1) is 22.3 Å². The summed E-state index contributed by atoms with van der Waals surface area (Å²) in [5, 5.41) is 28.7. The van der Waals surface area contributed by atoms with E-state index in [2.05, 4.69) is 18.7 Å². The molecule has 0 amide bonds. The molecule has 3 rings (SSSR count). The van der Waals surface area contributed by atoms with Crippen LogP contribution in [0.25, 0.3) is 0 Å². The van der Waals surface area contributed by atoms with E-state index in [4.69, 9.17) is 10.00 Å². The van der Waals surface area contributed by atoms with Crippen LogP contribution in [0.3, 0.4) is 0 Å². The molecule has 1 fully saturated rings. The minimum atomic E-state index is -0.943. The molecule has 2 aromatic carbocycles. The summed E-state index contributed by atoms with van der Waals surface area (Å²) in [6, 6.07) is 17.3. The molecule has 1 heterocycles. The van der Waals surface area contributed by atoms with E-state index in [-0.39, 0.29) is 4.58 Å². The van der Waals surface area contributed by atoms with E-state index in [0.29, 0.717) is 17.1 Å². The standard InChI is InChI=1S/C19H19NO3S2/c20-10-14-3-1-12(2-4-14)9-13-5-7-15(8-6-13)23-18-17(22)16(21)11-25-19(18)24/h1-8,16-19,21-22,24H,9,11H2/t16-,17+,18-,19-/m1/s1. The molecule has 0 saturated carbocycles. The minimum Gasteiger partial charge on any atom is -0.486 e. The molecule has 1 saturated heterocycles. The van der Waals surface area contributed by atoms with Crippen molar-refractivity contribution in [2.24, 2.45) is 0 Å². The summed E-state index contributed by atoms with van der Waals surface area (Å²) < 4.78 is 5.66. The number of nitriles is 1. The predicted octanol–water partition coefficient (Wildman–Crippen LogP) is 2.62. The van der Waals surface area contributed by atoms with E-state index in [1.807, 2.05) is 48.5 Å². The van der Waals surface area contributed by atoms with Gasteiger partial charge in [-0.25, -0.2) is 0 Å². The second-order valence-electron chi connectivity index (χ2n) is 5.99. The van der Waals surface area contributed by atoms with Gasteiger partial charge in [-0.1, -0.05) is 24.3 Å². The fourth-order valence-electron chi connectivity index (χ4n) is 2.68. The zero-order valence-electron chi connectivity index (χ0n) is 13.4. The van der Waals surface area contributed by atoms with Crippen molar-refractivity contribution < 1.29 is 14.9 Å². The van der Waals surface area contributed by atoms with E-state index in [9.17, 15) is 10.2 Å². The third kappa shape index (κ3) is 4.50. The number of aliphatic hydroxyl groups is 2. The normalized spacial score (nSPS) is 26.0. The second-order valence-corrected chi connectivity index (χ2v) is 8.07. The van der Waals surface area contributed by atoms with Gasteiger partial charge in [-0.2, -0.15) is 17.9 Å². The van der Waals surface area contributed by atoms with Gasteiger partial charge < -0.3 is 14.9 Å². The molecule has 0 aliphatic carbocycles. The number of thioether (sulfide) groups is 1. The Bertz CT molecular complexity index is 743. The van der Waals surface area contributed by atoms with Gasteiger partial charge in [0.15, 0.2) is 0 Å².